The van der Waals surface area contributed by atoms with Crippen molar-refractivity contribution in [1.82, 2.24) is 0 Å². The van der Waals surface area contributed by atoms with E-state index in [0.29, 0.717) is 5.57 Å². The van der Waals surface area contributed by atoms with Crippen molar-refractivity contribution in [3.63, 3.8) is 0 Å². The fraction of sp³-hybridized carbons (Fsp3) is 0.552. The van der Waals surface area contributed by atoms with Gasteiger partial charge in [0.1, 0.15) is 23.9 Å². The minimum Gasteiger partial charge on any atom is -0.455 e. The number of ketones is 1. The lowest BCUT2D eigenvalue weighted by Crippen LogP contribution is -2.81. The molecule has 2 bridgehead atoms. The summed E-state index contributed by atoms with van der Waals surface area (Å²) in [6.07, 6.45) is -2.25. The highest BCUT2D eigenvalue weighted by Crippen LogP contribution is 2.62. The summed E-state index contributed by atoms with van der Waals surface area (Å²) in [4.78, 5) is 40.2. The van der Waals surface area contributed by atoms with Crippen LogP contribution in [-0.2, 0) is 23.8 Å². The number of fused-ring (bicyclic) bond motifs is 5. The van der Waals surface area contributed by atoms with Gasteiger partial charge in [-0.05, 0) is 43.2 Å². The summed E-state index contributed by atoms with van der Waals surface area (Å²) in [5.41, 5.74) is -5.47. The van der Waals surface area contributed by atoms with Crippen LogP contribution >= 0.6 is 0 Å². The topological polar surface area (TPSA) is 140 Å². The Morgan fingerprint density at radius 1 is 1.11 bits per heavy atom. The molecule has 1 aromatic rings. The number of Topliss-reactive ketones (excluding diaryl/α,β-unsaturated/α-hetero) is 1. The van der Waals surface area contributed by atoms with Crippen LogP contribution in [0.5, 0.6) is 0 Å². The van der Waals surface area contributed by atoms with Gasteiger partial charge in [-0.15, -0.1) is 0 Å². The van der Waals surface area contributed by atoms with Crippen molar-refractivity contribution in [2.75, 3.05) is 6.61 Å². The Morgan fingerprint density at radius 2 is 1.76 bits per heavy atom. The van der Waals surface area contributed by atoms with E-state index in [2.05, 4.69) is 0 Å². The quantitative estimate of drug-likeness (QED) is 0.504. The summed E-state index contributed by atoms with van der Waals surface area (Å²) in [5, 5.41) is 35.5. The van der Waals surface area contributed by atoms with E-state index in [1.165, 1.54) is 19.9 Å². The van der Waals surface area contributed by atoms with Gasteiger partial charge >= 0.3 is 11.9 Å². The van der Waals surface area contributed by atoms with E-state index in [1.807, 2.05) is 0 Å². The van der Waals surface area contributed by atoms with Crippen LogP contribution in [-0.4, -0.2) is 75.3 Å². The average Bonchev–Trinajstić information content (AvgIpc) is 2.85. The predicted molar refractivity (Wildman–Crippen MR) is 134 cm³/mol. The molecule has 9 heteroatoms. The molecule has 2 saturated carbocycles. The van der Waals surface area contributed by atoms with Gasteiger partial charge in [-0.2, -0.15) is 0 Å². The molecule has 3 aliphatic carbocycles. The standard InChI is InChI=1S/C29H34O9/c1-15-11-12-29(35)24(37-25(34)17-9-7-6-8-10-17)22-27(5,23(33)21(32)20(15)26(29,3)4)18(31)13-19-28(22,14-36-19)38-16(2)30/h6-12,18-19,21-22,24,31-32,35H,13-14H2,1-5H3/t18-,19+,21+,22-,24-,27+,28-,29+/m0/s1. The van der Waals surface area contributed by atoms with Gasteiger partial charge in [0.25, 0.3) is 0 Å². The first-order valence-electron chi connectivity index (χ1n) is 12.8. The molecule has 1 aliphatic heterocycles. The largest absolute Gasteiger partial charge is 0.455 e. The fourth-order valence-electron chi connectivity index (χ4n) is 7.26. The number of hydrogen-bond acceptors (Lipinski definition) is 9. The van der Waals surface area contributed by atoms with Gasteiger partial charge in [0, 0.05) is 18.8 Å². The number of carbonyl (C=O) groups is 3. The van der Waals surface area contributed by atoms with Crippen LogP contribution in [0.3, 0.4) is 0 Å². The number of rotatable bonds is 3. The Morgan fingerprint density at radius 3 is 2.34 bits per heavy atom. The van der Waals surface area contributed by atoms with Gasteiger partial charge in [0.2, 0.25) is 0 Å². The third-order valence-electron chi connectivity index (χ3n) is 9.41. The van der Waals surface area contributed by atoms with Crippen molar-refractivity contribution in [2.45, 2.75) is 76.7 Å². The second-order valence-corrected chi connectivity index (χ2v) is 11.7. The van der Waals surface area contributed by atoms with Crippen molar-refractivity contribution in [1.29, 1.82) is 0 Å². The number of ether oxygens (including phenoxy) is 3. The zero-order valence-electron chi connectivity index (χ0n) is 22.1. The molecule has 1 aromatic carbocycles. The molecule has 8 atom stereocenters. The molecule has 1 heterocycles. The summed E-state index contributed by atoms with van der Waals surface area (Å²) in [7, 11) is 0. The van der Waals surface area contributed by atoms with Crippen LogP contribution in [0.15, 0.2) is 53.6 Å². The van der Waals surface area contributed by atoms with Crippen LogP contribution in [0.4, 0.5) is 0 Å². The normalized spacial score (nSPS) is 41.2. The van der Waals surface area contributed by atoms with E-state index < -0.39 is 70.1 Å². The van der Waals surface area contributed by atoms with Crippen molar-refractivity contribution in [3.05, 3.63) is 59.2 Å². The Labute approximate surface area is 221 Å². The smallest absolute Gasteiger partial charge is 0.338 e. The maximum absolute atomic E-state index is 14.2. The molecule has 0 radical (unpaired) electrons. The summed E-state index contributed by atoms with van der Waals surface area (Å²) in [5.74, 6) is -3.37. The molecule has 3 N–H and O–H groups in total. The maximum atomic E-state index is 14.2. The van der Waals surface area contributed by atoms with Crippen molar-refractivity contribution in [3.8, 4) is 0 Å². The third-order valence-corrected chi connectivity index (χ3v) is 9.41. The van der Waals surface area contributed by atoms with E-state index in [-0.39, 0.29) is 24.2 Å². The van der Waals surface area contributed by atoms with Gasteiger partial charge in [-0.1, -0.05) is 38.1 Å². The lowest BCUT2D eigenvalue weighted by molar-refractivity contribution is -0.341. The minimum atomic E-state index is -1.97. The Kier molecular flexibility index (Phi) is 6.04. The van der Waals surface area contributed by atoms with Crippen LogP contribution in [0.2, 0.25) is 0 Å². The van der Waals surface area contributed by atoms with E-state index in [9.17, 15) is 29.7 Å². The molecule has 1 saturated heterocycles. The highest BCUT2D eigenvalue weighted by atomic mass is 16.6. The van der Waals surface area contributed by atoms with Crippen LogP contribution in [0.1, 0.15) is 51.4 Å². The molecule has 9 nitrogen and oxygen atoms in total. The molecule has 3 fully saturated rings. The molecule has 0 unspecified atom stereocenters. The first-order valence-corrected chi connectivity index (χ1v) is 12.8. The van der Waals surface area contributed by atoms with Crippen molar-refractivity contribution < 1.29 is 43.9 Å². The number of hydrogen-bond donors (Lipinski definition) is 3. The second kappa shape index (κ2) is 8.58. The molecule has 5 rings (SSSR count). The Hall–Kier alpha value is -2.85. The second-order valence-electron chi connectivity index (χ2n) is 11.7. The van der Waals surface area contributed by atoms with Crippen LogP contribution in [0.25, 0.3) is 0 Å². The molecule has 204 valence electrons. The SMILES string of the molecule is CC(=O)O[C@@]12CO[C@@H]1C[C@H](O)[C@@]1(C)C(=O)[C@H](O)C3=C(C)C=C[C@@](O)([C@@H](OC(=O)c4ccccc4)[C@H]21)C3(C)C. The number of aliphatic hydroxyl groups is 3. The number of allylic oxidation sites excluding steroid dienone is 2. The summed E-state index contributed by atoms with van der Waals surface area (Å²) in [6.45, 7) is 7.64. The minimum absolute atomic E-state index is 0.0478. The number of benzene rings is 1. The number of carbonyl (C=O) groups excluding carboxylic acids is 3. The lowest BCUT2D eigenvalue weighted by atomic mass is 9.45. The number of esters is 2. The fourth-order valence-corrected chi connectivity index (χ4v) is 7.26. The van der Waals surface area contributed by atoms with Crippen LogP contribution < -0.4 is 0 Å². The Bertz CT molecular complexity index is 1250. The monoisotopic (exact) mass is 526 g/mol. The zero-order valence-corrected chi connectivity index (χ0v) is 22.1. The molecule has 0 amide bonds. The summed E-state index contributed by atoms with van der Waals surface area (Å²) >= 11 is 0. The summed E-state index contributed by atoms with van der Waals surface area (Å²) < 4.78 is 17.7. The lowest BCUT2D eigenvalue weighted by Gasteiger charge is -2.66. The van der Waals surface area contributed by atoms with Gasteiger partial charge in [0.15, 0.2) is 11.4 Å². The molecule has 0 spiro atoms. The zero-order chi connectivity index (χ0) is 27.8. The Balaban J connectivity index is 1.80. The molecule has 38 heavy (non-hydrogen) atoms. The van der Waals surface area contributed by atoms with E-state index in [0.717, 1.165) is 0 Å². The molecule has 0 aromatic heterocycles. The van der Waals surface area contributed by atoms with Gasteiger partial charge in [-0.3, -0.25) is 9.59 Å². The van der Waals surface area contributed by atoms with E-state index in [1.54, 1.807) is 57.2 Å². The first-order chi connectivity index (χ1) is 17.7. The summed E-state index contributed by atoms with van der Waals surface area (Å²) in [6, 6.07) is 8.21. The predicted octanol–water partition coefficient (Wildman–Crippen LogP) is 1.89. The first kappa shape index (κ1) is 26.7. The molecular weight excluding hydrogens is 492 g/mol. The van der Waals surface area contributed by atoms with E-state index in [4.69, 9.17) is 14.2 Å². The molecule has 4 aliphatic rings. The maximum Gasteiger partial charge on any atom is 0.338 e. The van der Waals surface area contributed by atoms with Gasteiger partial charge in [-0.25, -0.2) is 4.79 Å². The third kappa shape index (κ3) is 3.35. The van der Waals surface area contributed by atoms with Crippen molar-refractivity contribution in [2.24, 2.45) is 16.7 Å². The van der Waals surface area contributed by atoms with Gasteiger partial charge < -0.3 is 29.5 Å². The van der Waals surface area contributed by atoms with Crippen LogP contribution in [0, 0.1) is 16.7 Å². The molecular formula is C29H34O9. The van der Waals surface area contributed by atoms with E-state index >= 15 is 0 Å². The average molecular weight is 527 g/mol. The highest BCUT2D eigenvalue weighted by Gasteiger charge is 2.77. The van der Waals surface area contributed by atoms with Gasteiger partial charge in [0.05, 0.1) is 29.6 Å². The number of aliphatic hydroxyl groups excluding tert-OH is 2. The van der Waals surface area contributed by atoms with Crippen molar-refractivity contribution >= 4 is 17.7 Å². The highest BCUT2D eigenvalue weighted by molar-refractivity contribution is 5.94.